The van der Waals surface area contributed by atoms with Crippen LogP contribution in [0.25, 0.3) is 0 Å². The highest BCUT2D eigenvalue weighted by molar-refractivity contribution is 7.14. The van der Waals surface area contributed by atoms with Crippen LogP contribution in [0.2, 0.25) is 0 Å². The zero-order chi connectivity index (χ0) is 25.7. The van der Waals surface area contributed by atoms with Crippen LogP contribution in [0.1, 0.15) is 107 Å². The molecule has 2 saturated carbocycles. The molecule has 0 N–H and O–H groups in total. The second-order valence-corrected chi connectivity index (χ2v) is 11.4. The van der Waals surface area contributed by atoms with E-state index >= 15 is 0 Å². The molecule has 0 radical (unpaired) electrons. The van der Waals surface area contributed by atoms with E-state index < -0.39 is 0 Å². The van der Waals surface area contributed by atoms with E-state index in [1.54, 1.807) is 19.1 Å². The number of thiophene rings is 1. The number of hydrogen-bond donors (Lipinski definition) is 0. The van der Waals surface area contributed by atoms with E-state index in [-0.39, 0.29) is 23.1 Å². The molecular formula is C28H43NO4S. The lowest BCUT2D eigenvalue weighted by atomic mass is 9.91. The Hall–Kier alpha value is -1.97. The topological polar surface area (TPSA) is 63.7 Å². The van der Waals surface area contributed by atoms with Crippen molar-refractivity contribution in [2.75, 3.05) is 19.1 Å². The maximum atomic E-state index is 12.2. The zero-order valence-electron chi connectivity index (χ0n) is 22.2. The van der Waals surface area contributed by atoms with E-state index in [2.05, 4.69) is 23.5 Å². The van der Waals surface area contributed by atoms with Crippen molar-refractivity contribution in [3.8, 4) is 11.8 Å². The molecular weight excluding hydrogens is 446 g/mol. The fraction of sp³-hybridized carbons (Fsp3) is 0.679. The predicted molar refractivity (Wildman–Crippen MR) is 142 cm³/mol. The summed E-state index contributed by atoms with van der Waals surface area (Å²) in [4.78, 5) is 38.1. The van der Waals surface area contributed by atoms with Crippen molar-refractivity contribution in [1.29, 1.82) is 0 Å². The number of hydrogen-bond acceptors (Lipinski definition) is 5. The number of Topliss-reactive ketones (excluding diaryl/α,β-unsaturated/α-hetero) is 1. The summed E-state index contributed by atoms with van der Waals surface area (Å²) in [6, 6.07) is 1.79. The second kappa shape index (κ2) is 15.1. The molecule has 1 aromatic heterocycles. The van der Waals surface area contributed by atoms with Gasteiger partial charge < -0.3 is 9.64 Å². The lowest BCUT2D eigenvalue weighted by molar-refractivity contribution is -0.122. The Labute approximate surface area is 210 Å². The minimum absolute atomic E-state index is 0.0306. The second-order valence-electron chi connectivity index (χ2n) is 10.3. The van der Waals surface area contributed by atoms with Crippen LogP contribution in [0.15, 0.2) is 6.07 Å². The van der Waals surface area contributed by atoms with Crippen molar-refractivity contribution < 1.29 is 19.1 Å². The molecule has 6 heteroatoms. The van der Waals surface area contributed by atoms with Gasteiger partial charge in [0.15, 0.2) is 6.29 Å². The largest absolute Gasteiger partial charge is 0.388 e. The van der Waals surface area contributed by atoms with Crippen LogP contribution in [0.4, 0.5) is 5.69 Å². The SMILES string of the molecule is CC(=O)N(c1cc(C#CC(C)(C)C)sc1C=O)C1CCC(=O)CC1.CC1CCCCC1.COC. The van der Waals surface area contributed by atoms with E-state index in [1.807, 2.05) is 26.8 Å². The molecule has 0 aromatic carbocycles. The number of ketones is 1. The highest BCUT2D eigenvalue weighted by Crippen LogP contribution is 2.33. The van der Waals surface area contributed by atoms with Crippen molar-refractivity contribution in [2.24, 2.45) is 11.3 Å². The third-order valence-electron chi connectivity index (χ3n) is 5.78. The molecule has 1 aromatic rings. The molecule has 0 saturated heterocycles. The first kappa shape index (κ1) is 30.1. The number of amides is 1. The van der Waals surface area contributed by atoms with Gasteiger partial charge in [-0.25, -0.2) is 0 Å². The first-order valence-electron chi connectivity index (χ1n) is 12.4. The normalized spacial score (nSPS) is 16.7. The average Bonchev–Trinajstić information content (AvgIpc) is 3.17. The smallest absolute Gasteiger partial charge is 0.224 e. The van der Waals surface area contributed by atoms with Gasteiger partial charge in [0.1, 0.15) is 5.78 Å². The van der Waals surface area contributed by atoms with Crippen LogP contribution in [0.3, 0.4) is 0 Å². The summed E-state index contributed by atoms with van der Waals surface area (Å²) in [6.45, 7) is 9.94. The fourth-order valence-electron chi connectivity index (χ4n) is 4.09. The molecule has 0 spiro atoms. The molecule has 0 unspecified atom stereocenters. The van der Waals surface area contributed by atoms with E-state index in [9.17, 15) is 14.4 Å². The van der Waals surface area contributed by atoms with Crippen molar-refractivity contribution in [1.82, 2.24) is 0 Å². The van der Waals surface area contributed by atoms with Gasteiger partial charge in [-0.1, -0.05) is 50.9 Å². The number of nitrogens with zero attached hydrogens (tertiary/aromatic N) is 1. The Balaban J connectivity index is 0.000000480. The molecule has 2 aliphatic rings. The Kier molecular flexibility index (Phi) is 13.4. The summed E-state index contributed by atoms with van der Waals surface area (Å²) in [6.07, 6.45) is 10.5. The standard InChI is InChI=1S/C19H23NO3S.C7H14.C2H6O/c1-13(22)20(14-5-7-15(23)8-6-14)17-11-16(24-18(17)12-21)9-10-19(2,3)4;1-7-5-3-2-4-6-7;1-3-2/h11-12,14H,5-8H2,1-4H3;7H,2-6H2,1H3;1-2H3. The van der Waals surface area contributed by atoms with Gasteiger partial charge in [0.05, 0.1) is 15.4 Å². The maximum Gasteiger partial charge on any atom is 0.224 e. The average molecular weight is 490 g/mol. The van der Waals surface area contributed by atoms with E-state index in [0.29, 0.717) is 36.2 Å². The number of anilines is 1. The van der Waals surface area contributed by atoms with Crippen LogP contribution in [-0.2, 0) is 14.3 Å². The maximum absolute atomic E-state index is 12.2. The lowest BCUT2D eigenvalue weighted by Gasteiger charge is -2.33. The van der Waals surface area contributed by atoms with Gasteiger partial charge >= 0.3 is 0 Å². The van der Waals surface area contributed by atoms with Gasteiger partial charge in [0, 0.05) is 45.4 Å². The van der Waals surface area contributed by atoms with Crippen LogP contribution < -0.4 is 4.90 Å². The van der Waals surface area contributed by atoms with Crippen molar-refractivity contribution >= 4 is 35.0 Å². The van der Waals surface area contributed by atoms with Gasteiger partial charge in [-0.2, -0.15) is 0 Å². The quantitative estimate of drug-likeness (QED) is 0.351. The summed E-state index contributed by atoms with van der Waals surface area (Å²) < 4.78 is 4.25. The van der Waals surface area contributed by atoms with E-state index in [4.69, 9.17) is 0 Å². The highest BCUT2D eigenvalue weighted by Gasteiger charge is 2.29. The Morgan fingerprint density at radius 1 is 1.12 bits per heavy atom. The molecule has 1 amide bonds. The summed E-state index contributed by atoms with van der Waals surface area (Å²) in [7, 11) is 3.25. The van der Waals surface area contributed by atoms with Crippen molar-refractivity contribution in [3.63, 3.8) is 0 Å². The molecule has 190 valence electrons. The summed E-state index contributed by atoms with van der Waals surface area (Å²) >= 11 is 1.31. The molecule has 0 aliphatic heterocycles. The Morgan fingerprint density at radius 3 is 2.09 bits per heavy atom. The predicted octanol–water partition coefficient (Wildman–Crippen LogP) is 6.67. The Morgan fingerprint density at radius 2 is 1.68 bits per heavy atom. The highest BCUT2D eigenvalue weighted by atomic mass is 32.1. The summed E-state index contributed by atoms with van der Waals surface area (Å²) in [5, 5.41) is 0. The third kappa shape index (κ3) is 11.0. The molecule has 0 bridgehead atoms. The number of carbonyl (C=O) groups is 3. The van der Waals surface area contributed by atoms with Crippen LogP contribution >= 0.6 is 11.3 Å². The number of carbonyl (C=O) groups excluding carboxylic acids is 3. The van der Waals surface area contributed by atoms with Gasteiger partial charge in [-0.15, -0.1) is 11.3 Å². The zero-order valence-corrected chi connectivity index (χ0v) is 23.0. The molecule has 34 heavy (non-hydrogen) atoms. The van der Waals surface area contributed by atoms with Crippen LogP contribution in [0.5, 0.6) is 0 Å². The van der Waals surface area contributed by atoms with E-state index in [1.165, 1.54) is 50.4 Å². The number of aldehydes is 1. The van der Waals surface area contributed by atoms with E-state index in [0.717, 1.165) is 17.1 Å². The van der Waals surface area contributed by atoms with Crippen molar-refractivity contribution in [2.45, 2.75) is 98.4 Å². The van der Waals surface area contributed by atoms with Gasteiger partial charge in [0.25, 0.3) is 0 Å². The van der Waals surface area contributed by atoms with Gasteiger partial charge in [-0.3, -0.25) is 14.4 Å². The summed E-state index contributed by atoms with van der Waals surface area (Å²) in [5.74, 6) is 7.43. The van der Waals surface area contributed by atoms with Crippen LogP contribution in [-0.4, -0.2) is 38.2 Å². The fourth-order valence-corrected chi connectivity index (χ4v) is 4.91. The lowest BCUT2D eigenvalue weighted by Crippen LogP contribution is -2.41. The summed E-state index contributed by atoms with van der Waals surface area (Å²) in [5.41, 5.74) is 0.496. The van der Waals surface area contributed by atoms with Gasteiger partial charge in [0.2, 0.25) is 5.91 Å². The minimum atomic E-state index is -0.129. The molecule has 5 nitrogen and oxygen atoms in total. The Bertz CT molecular complexity index is 840. The van der Waals surface area contributed by atoms with Crippen molar-refractivity contribution in [3.05, 3.63) is 15.8 Å². The molecule has 3 rings (SSSR count). The first-order chi connectivity index (χ1) is 16.0. The van der Waals surface area contributed by atoms with Crippen LogP contribution in [0, 0.1) is 23.2 Å². The molecule has 1 heterocycles. The number of rotatable bonds is 3. The third-order valence-corrected chi connectivity index (χ3v) is 6.74. The minimum Gasteiger partial charge on any atom is -0.388 e. The molecule has 2 fully saturated rings. The molecule has 2 aliphatic carbocycles. The molecule has 0 atom stereocenters. The van der Waals surface area contributed by atoms with Gasteiger partial charge in [-0.05, 0) is 45.6 Å². The first-order valence-corrected chi connectivity index (χ1v) is 13.2. The number of ether oxygens (including phenoxy) is 1. The monoisotopic (exact) mass is 489 g/mol. The number of methoxy groups -OCH3 is 1.